The largest absolute Gasteiger partial charge is 0.489 e. The van der Waals surface area contributed by atoms with E-state index in [0.29, 0.717) is 23.6 Å². The number of hydrogen-bond acceptors (Lipinski definition) is 8. The number of alkyl carbamates (subject to hydrolysis) is 1. The minimum Gasteiger partial charge on any atom is -0.489 e. The zero-order chi connectivity index (χ0) is 44.1. The van der Waals surface area contributed by atoms with Crippen LogP contribution in [0.5, 0.6) is 11.5 Å². The lowest BCUT2D eigenvalue weighted by Crippen LogP contribution is -2.56. The molecular weight excluding hydrogens is 785 g/mol. The van der Waals surface area contributed by atoms with Gasteiger partial charge in [0.1, 0.15) is 29.2 Å². The third-order valence-corrected chi connectivity index (χ3v) is 9.81. The fourth-order valence-electron chi connectivity index (χ4n) is 6.90. The summed E-state index contributed by atoms with van der Waals surface area (Å²) in [6.45, 7) is 10.9. The highest BCUT2D eigenvalue weighted by atomic mass is 16.6. The van der Waals surface area contributed by atoms with Crippen molar-refractivity contribution < 1.29 is 38.2 Å². The number of amides is 4. The highest BCUT2D eigenvalue weighted by Crippen LogP contribution is 2.45. The second-order valence-corrected chi connectivity index (χ2v) is 15.9. The van der Waals surface area contributed by atoms with E-state index in [1.54, 1.807) is 52.0 Å². The zero-order valence-corrected chi connectivity index (χ0v) is 35.4. The lowest BCUT2D eigenvalue weighted by molar-refractivity contribution is -0.131. The standard InChI is InChI=1S/C50H52N4O8/c1-6-30-59-41-26-24-35-18-10-12-22-39(35)44(41)45-40-23-13-11-19-36(40)25-27-42(45)60-33-43(55)53-50(5,28-15-29-51-48(58)62-49(2,3)4)47(57)52-38-21-14-20-37(31-38)46(56)54-61-32-34-16-8-7-9-17-34/h6-14,16-27,31H,1,15,28-30,32-33H2,2-5H3,(H,51,58)(H,52,57)(H,53,55)(H,54,56)/t50-/m0/s1. The summed E-state index contributed by atoms with van der Waals surface area (Å²) >= 11 is 0. The number of fused-ring (bicyclic) bond motifs is 2. The summed E-state index contributed by atoms with van der Waals surface area (Å²) in [5.41, 5.74) is 3.24. The summed E-state index contributed by atoms with van der Waals surface area (Å²) in [5, 5.41) is 12.3. The zero-order valence-electron chi connectivity index (χ0n) is 35.4. The van der Waals surface area contributed by atoms with Crippen LogP contribution in [0.3, 0.4) is 0 Å². The number of nitrogens with one attached hydrogen (secondary N) is 4. The molecule has 62 heavy (non-hydrogen) atoms. The number of benzene rings is 6. The van der Waals surface area contributed by atoms with Crippen LogP contribution in [0.2, 0.25) is 0 Å². The van der Waals surface area contributed by atoms with Crippen LogP contribution in [0.15, 0.2) is 140 Å². The molecule has 1 atom stereocenters. The minimum atomic E-state index is -1.50. The first-order valence-electron chi connectivity index (χ1n) is 20.4. The van der Waals surface area contributed by atoms with Gasteiger partial charge in [-0.3, -0.25) is 19.2 Å². The Balaban J connectivity index is 1.22. The smallest absolute Gasteiger partial charge is 0.407 e. The number of hydroxylamine groups is 1. The Morgan fingerprint density at radius 1 is 0.710 bits per heavy atom. The van der Waals surface area contributed by atoms with Gasteiger partial charge in [0.2, 0.25) is 5.91 Å². The van der Waals surface area contributed by atoms with E-state index >= 15 is 0 Å². The molecule has 6 aromatic carbocycles. The predicted octanol–water partition coefficient (Wildman–Crippen LogP) is 9.28. The van der Waals surface area contributed by atoms with Gasteiger partial charge in [-0.25, -0.2) is 10.3 Å². The molecule has 320 valence electrons. The van der Waals surface area contributed by atoms with Crippen LogP contribution in [0.1, 0.15) is 56.5 Å². The van der Waals surface area contributed by atoms with E-state index in [9.17, 15) is 19.2 Å². The molecule has 0 radical (unpaired) electrons. The van der Waals surface area contributed by atoms with Crippen molar-refractivity contribution in [3.63, 3.8) is 0 Å². The van der Waals surface area contributed by atoms with Gasteiger partial charge in [-0.2, -0.15) is 0 Å². The van der Waals surface area contributed by atoms with Crippen molar-refractivity contribution in [2.24, 2.45) is 0 Å². The highest BCUT2D eigenvalue weighted by Gasteiger charge is 2.35. The van der Waals surface area contributed by atoms with Crippen LogP contribution in [0.4, 0.5) is 10.5 Å². The maximum atomic E-state index is 14.2. The molecule has 6 aromatic rings. The Bertz CT molecular complexity index is 2550. The molecule has 0 heterocycles. The number of rotatable bonds is 18. The monoisotopic (exact) mass is 836 g/mol. The highest BCUT2D eigenvalue weighted by molar-refractivity contribution is 6.10. The molecule has 4 amide bonds. The van der Waals surface area contributed by atoms with E-state index in [2.05, 4.69) is 28.0 Å². The molecule has 0 bridgehead atoms. The van der Waals surface area contributed by atoms with Crippen molar-refractivity contribution in [1.29, 1.82) is 0 Å². The normalized spacial score (nSPS) is 12.1. The maximum Gasteiger partial charge on any atom is 0.407 e. The molecule has 12 heteroatoms. The predicted molar refractivity (Wildman–Crippen MR) is 242 cm³/mol. The topological polar surface area (TPSA) is 153 Å². The van der Waals surface area contributed by atoms with E-state index in [-0.39, 0.29) is 31.7 Å². The molecule has 0 spiro atoms. The van der Waals surface area contributed by atoms with Gasteiger partial charge < -0.3 is 30.2 Å². The first-order valence-corrected chi connectivity index (χ1v) is 20.4. The lowest BCUT2D eigenvalue weighted by Gasteiger charge is -2.30. The summed E-state index contributed by atoms with van der Waals surface area (Å²) in [5.74, 6) is -0.554. The molecule has 12 nitrogen and oxygen atoms in total. The average Bonchev–Trinajstić information content (AvgIpc) is 3.26. The molecule has 0 aliphatic rings. The first-order chi connectivity index (χ1) is 29.8. The third-order valence-electron chi connectivity index (χ3n) is 9.81. The number of anilines is 1. The van der Waals surface area contributed by atoms with E-state index in [1.807, 2.05) is 103 Å². The van der Waals surface area contributed by atoms with Gasteiger partial charge in [0.25, 0.3) is 11.8 Å². The third kappa shape index (κ3) is 11.8. The molecular formula is C50H52N4O8. The van der Waals surface area contributed by atoms with Gasteiger partial charge in [-0.05, 0) is 98.0 Å². The Morgan fingerprint density at radius 3 is 1.98 bits per heavy atom. The van der Waals surface area contributed by atoms with Crippen LogP contribution < -0.4 is 30.9 Å². The number of carbonyl (C=O) groups excluding carboxylic acids is 4. The van der Waals surface area contributed by atoms with Gasteiger partial charge in [-0.1, -0.05) is 110 Å². The van der Waals surface area contributed by atoms with Crippen LogP contribution >= 0.6 is 0 Å². The fraction of sp³-hybridized carbons (Fsp3) is 0.240. The number of ether oxygens (including phenoxy) is 3. The van der Waals surface area contributed by atoms with Gasteiger partial charge >= 0.3 is 6.09 Å². The summed E-state index contributed by atoms with van der Waals surface area (Å²) < 4.78 is 17.9. The van der Waals surface area contributed by atoms with Crippen LogP contribution in [0.25, 0.3) is 32.7 Å². The van der Waals surface area contributed by atoms with E-state index in [4.69, 9.17) is 19.0 Å². The Morgan fingerprint density at radius 2 is 1.34 bits per heavy atom. The number of hydrogen-bond donors (Lipinski definition) is 4. The first kappa shape index (κ1) is 44.4. The van der Waals surface area contributed by atoms with E-state index in [1.165, 1.54) is 6.07 Å². The van der Waals surface area contributed by atoms with Gasteiger partial charge in [-0.15, -0.1) is 0 Å². The molecule has 0 fully saturated rings. The summed E-state index contributed by atoms with van der Waals surface area (Å²) in [7, 11) is 0. The minimum absolute atomic E-state index is 0.120. The van der Waals surface area contributed by atoms with Crippen LogP contribution in [0, 0.1) is 0 Å². The van der Waals surface area contributed by atoms with Crippen molar-refractivity contribution >= 4 is 51.0 Å². The number of carbonyl (C=O) groups is 4. The summed E-state index contributed by atoms with van der Waals surface area (Å²) in [4.78, 5) is 58.9. The van der Waals surface area contributed by atoms with Crippen molar-refractivity contribution in [3.05, 3.63) is 151 Å². The van der Waals surface area contributed by atoms with Crippen molar-refractivity contribution in [2.75, 3.05) is 25.1 Å². The molecule has 0 aliphatic heterocycles. The Kier molecular flexibility index (Phi) is 14.6. The van der Waals surface area contributed by atoms with E-state index in [0.717, 1.165) is 38.2 Å². The van der Waals surface area contributed by atoms with Crippen molar-refractivity contribution in [1.82, 2.24) is 16.1 Å². The van der Waals surface area contributed by atoms with Crippen molar-refractivity contribution in [3.8, 4) is 22.6 Å². The summed E-state index contributed by atoms with van der Waals surface area (Å²) in [6, 6.07) is 39.3. The quantitative estimate of drug-likeness (QED) is 0.0380. The average molecular weight is 837 g/mol. The molecule has 0 saturated carbocycles. The Hall–Kier alpha value is -7.18. The second-order valence-electron chi connectivity index (χ2n) is 15.9. The molecule has 4 N–H and O–H groups in total. The fourth-order valence-corrected chi connectivity index (χ4v) is 6.90. The molecule has 6 rings (SSSR count). The lowest BCUT2D eigenvalue weighted by atomic mass is 9.92. The Labute approximate surface area is 361 Å². The van der Waals surface area contributed by atoms with Crippen molar-refractivity contribution in [2.45, 2.75) is 58.3 Å². The molecule has 0 unspecified atom stereocenters. The van der Waals surface area contributed by atoms with Gasteiger partial charge in [0.05, 0.1) is 6.61 Å². The summed E-state index contributed by atoms with van der Waals surface area (Å²) in [6.07, 6.45) is 1.50. The SMILES string of the molecule is C=CCOc1ccc2ccccc2c1-c1c(OCC(=O)N[C@@](C)(CCCNC(=O)OC(C)(C)C)C(=O)Nc2cccc(C(=O)NOCc3ccccc3)c2)ccc2ccccc12. The molecule has 0 aliphatic carbocycles. The molecule has 0 saturated heterocycles. The van der Waals surface area contributed by atoms with Crippen LogP contribution in [-0.4, -0.2) is 54.7 Å². The maximum absolute atomic E-state index is 14.2. The van der Waals surface area contributed by atoms with Gasteiger partial charge in [0.15, 0.2) is 6.61 Å². The second kappa shape index (κ2) is 20.4. The molecule has 0 aromatic heterocycles. The van der Waals surface area contributed by atoms with E-state index < -0.39 is 41.6 Å². The van der Waals surface area contributed by atoms with Gasteiger partial charge in [0, 0.05) is 28.9 Å². The van der Waals surface area contributed by atoms with Crippen LogP contribution in [-0.2, 0) is 25.8 Å².